The molecule has 0 amide bonds. The van der Waals surface area contributed by atoms with Gasteiger partial charge in [-0.1, -0.05) is 135 Å². The Balaban J connectivity index is 1.23. The molecule has 53 heavy (non-hydrogen) atoms. The molecule has 0 fully saturated rings. The van der Waals surface area contributed by atoms with Gasteiger partial charge in [0.1, 0.15) is 0 Å². The van der Waals surface area contributed by atoms with E-state index in [9.17, 15) is 0 Å². The maximum atomic E-state index is 5.11. The Morgan fingerprint density at radius 1 is 0.321 bits per heavy atom. The highest BCUT2D eigenvalue weighted by atomic mass is 15.0. The summed E-state index contributed by atoms with van der Waals surface area (Å²) in [5, 5.41) is 0. The van der Waals surface area contributed by atoms with E-state index >= 15 is 0 Å². The molecular weight excluding hydrogens is 647 g/mol. The summed E-state index contributed by atoms with van der Waals surface area (Å²) in [7, 11) is 0. The lowest BCUT2D eigenvalue weighted by Gasteiger charge is -2.21. The van der Waals surface area contributed by atoms with Gasteiger partial charge in [-0.05, 0) is 88.7 Å². The molecule has 0 bridgehead atoms. The summed E-state index contributed by atoms with van der Waals surface area (Å²) in [6.07, 6.45) is 0. The van der Waals surface area contributed by atoms with Crippen LogP contribution in [0.5, 0.6) is 0 Å². The molecule has 1 aliphatic rings. The number of hydrogen-bond acceptors (Lipinski definition) is 5. The summed E-state index contributed by atoms with van der Waals surface area (Å²) in [5.41, 5.74) is 15.3. The molecule has 9 rings (SSSR count). The molecule has 1 aliphatic carbocycles. The number of aromatic nitrogens is 5. The Bertz CT molecular complexity index is 2570. The van der Waals surface area contributed by atoms with Crippen molar-refractivity contribution in [1.29, 1.82) is 0 Å². The second-order valence-corrected chi connectivity index (χ2v) is 14.3. The lowest BCUT2D eigenvalue weighted by molar-refractivity contribution is 0.660. The highest BCUT2D eigenvalue weighted by molar-refractivity contribution is 5.87. The zero-order valence-electron chi connectivity index (χ0n) is 30.2. The highest BCUT2D eigenvalue weighted by Crippen LogP contribution is 2.49. The van der Waals surface area contributed by atoms with Crippen LogP contribution in [0.25, 0.3) is 78.9 Å². The van der Waals surface area contributed by atoms with Gasteiger partial charge in [-0.2, -0.15) is 0 Å². The average Bonchev–Trinajstić information content (AvgIpc) is 3.43. The van der Waals surface area contributed by atoms with E-state index in [0.29, 0.717) is 17.5 Å². The van der Waals surface area contributed by atoms with Crippen LogP contribution < -0.4 is 0 Å². The molecule has 2 aromatic heterocycles. The Labute approximate surface area is 310 Å². The monoisotopic (exact) mass is 683 g/mol. The molecule has 5 heteroatoms. The molecule has 5 nitrogen and oxygen atoms in total. The number of rotatable bonds is 6. The molecular formula is C48H37N5. The van der Waals surface area contributed by atoms with E-state index in [-0.39, 0.29) is 5.41 Å². The third-order valence-corrected chi connectivity index (χ3v) is 10.3. The largest absolute Gasteiger partial charge is 0.233 e. The van der Waals surface area contributed by atoms with Gasteiger partial charge in [0.25, 0.3) is 0 Å². The average molecular weight is 684 g/mol. The maximum absolute atomic E-state index is 5.11. The Morgan fingerprint density at radius 3 is 1.38 bits per heavy atom. The summed E-state index contributed by atoms with van der Waals surface area (Å²) in [5.74, 6) is 2.62. The first-order valence-electron chi connectivity index (χ1n) is 18.0. The number of hydrogen-bond donors (Lipinski definition) is 0. The second kappa shape index (κ2) is 12.9. The van der Waals surface area contributed by atoms with Crippen LogP contribution in [0, 0.1) is 13.8 Å². The van der Waals surface area contributed by atoms with Crippen molar-refractivity contribution >= 4 is 0 Å². The fourth-order valence-corrected chi connectivity index (χ4v) is 7.59. The quantitative estimate of drug-likeness (QED) is 0.175. The predicted octanol–water partition coefficient (Wildman–Crippen LogP) is 11.6. The zero-order chi connectivity index (χ0) is 36.1. The molecule has 6 aromatic carbocycles. The van der Waals surface area contributed by atoms with Crippen molar-refractivity contribution in [2.24, 2.45) is 0 Å². The minimum absolute atomic E-state index is 0.0642. The molecule has 254 valence electrons. The predicted molar refractivity (Wildman–Crippen MR) is 215 cm³/mol. The van der Waals surface area contributed by atoms with Crippen molar-refractivity contribution in [3.05, 3.63) is 174 Å². The first-order chi connectivity index (χ1) is 25.8. The van der Waals surface area contributed by atoms with Crippen molar-refractivity contribution in [2.75, 3.05) is 0 Å². The lowest BCUT2D eigenvalue weighted by atomic mass is 9.82. The second-order valence-electron chi connectivity index (χ2n) is 14.3. The molecule has 0 N–H and O–H groups in total. The summed E-state index contributed by atoms with van der Waals surface area (Å²) in [4.78, 5) is 24.6. The van der Waals surface area contributed by atoms with Gasteiger partial charge in [-0.15, -0.1) is 0 Å². The smallest absolute Gasteiger partial charge is 0.164 e. The van der Waals surface area contributed by atoms with Crippen molar-refractivity contribution in [3.63, 3.8) is 0 Å². The Kier molecular flexibility index (Phi) is 7.85. The van der Waals surface area contributed by atoms with E-state index in [1.165, 1.54) is 22.3 Å². The van der Waals surface area contributed by atoms with Gasteiger partial charge in [0, 0.05) is 39.1 Å². The van der Waals surface area contributed by atoms with E-state index < -0.39 is 0 Å². The summed E-state index contributed by atoms with van der Waals surface area (Å²) < 4.78 is 0. The van der Waals surface area contributed by atoms with Crippen molar-refractivity contribution in [1.82, 2.24) is 24.9 Å². The van der Waals surface area contributed by atoms with Crippen LogP contribution in [0.3, 0.4) is 0 Å². The highest BCUT2D eigenvalue weighted by Gasteiger charge is 2.35. The van der Waals surface area contributed by atoms with Gasteiger partial charge in [0.2, 0.25) is 0 Å². The van der Waals surface area contributed by atoms with Gasteiger partial charge in [0.15, 0.2) is 23.3 Å². The van der Waals surface area contributed by atoms with Crippen LogP contribution in [0.2, 0.25) is 0 Å². The first kappa shape index (κ1) is 32.3. The lowest BCUT2D eigenvalue weighted by Crippen LogP contribution is -2.14. The molecule has 0 radical (unpaired) electrons. The van der Waals surface area contributed by atoms with Gasteiger partial charge >= 0.3 is 0 Å². The van der Waals surface area contributed by atoms with Gasteiger partial charge in [-0.3, -0.25) is 0 Å². The number of fused-ring (bicyclic) bond motifs is 3. The topological polar surface area (TPSA) is 64.5 Å². The van der Waals surface area contributed by atoms with Crippen LogP contribution in [0.1, 0.15) is 36.4 Å². The minimum Gasteiger partial charge on any atom is -0.233 e. The van der Waals surface area contributed by atoms with E-state index in [1.807, 2.05) is 80.6 Å². The van der Waals surface area contributed by atoms with E-state index in [2.05, 4.69) is 98.8 Å². The normalized spacial score (nSPS) is 12.7. The SMILES string of the molecule is Cc1cc(C)nc(-c2ccc(-c3cc(-c4ccc5c(c4)-c4ccccc4C5(C)C)cc(-c4nc(-c5ccccc5)nc(-c5ccccc5)n4)c3)cc2)n1. The zero-order valence-corrected chi connectivity index (χ0v) is 30.2. The van der Waals surface area contributed by atoms with E-state index in [1.54, 1.807) is 0 Å². The summed E-state index contributed by atoms with van der Waals surface area (Å²) >= 11 is 0. The van der Waals surface area contributed by atoms with Gasteiger partial charge in [-0.25, -0.2) is 24.9 Å². The van der Waals surface area contributed by atoms with Crippen LogP contribution in [0.4, 0.5) is 0 Å². The Hall–Kier alpha value is -6.59. The van der Waals surface area contributed by atoms with E-state index in [4.69, 9.17) is 24.9 Å². The Morgan fingerprint density at radius 2 is 0.755 bits per heavy atom. The molecule has 2 heterocycles. The van der Waals surface area contributed by atoms with E-state index in [0.717, 1.165) is 61.7 Å². The van der Waals surface area contributed by atoms with Crippen molar-refractivity contribution < 1.29 is 0 Å². The van der Waals surface area contributed by atoms with Crippen LogP contribution in [-0.2, 0) is 5.41 Å². The molecule has 0 saturated carbocycles. The third-order valence-electron chi connectivity index (χ3n) is 10.3. The van der Waals surface area contributed by atoms with Gasteiger partial charge < -0.3 is 0 Å². The molecule has 0 unspecified atom stereocenters. The minimum atomic E-state index is -0.0642. The van der Waals surface area contributed by atoms with Crippen molar-refractivity contribution in [3.8, 4) is 78.9 Å². The standard InChI is InChI=1S/C48H37N5/c1-30-25-31(2)50-44(49-30)35-21-19-32(20-22-35)37-26-38(36-23-24-43-41(29-36)40-17-11-12-18-42(40)48(43,3)4)28-39(27-37)47-52-45(33-13-7-5-8-14-33)51-46(53-47)34-15-9-6-10-16-34/h5-29H,1-4H3. The number of aryl methyl sites for hydroxylation is 2. The fraction of sp³-hybridized carbons (Fsp3) is 0.104. The van der Waals surface area contributed by atoms with Crippen molar-refractivity contribution in [2.45, 2.75) is 33.1 Å². The molecule has 0 saturated heterocycles. The summed E-state index contributed by atoms with van der Waals surface area (Å²) in [6, 6.07) is 53.1. The number of benzene rings is 6. The summed E-state index contributed by atoms with van der Waals surface area (Å²) in [6.45, 7) is 8.65. The third kappa shape index (κ3) is 6.00. The van der Waals surface area contributed by atoms with Crippen LogP contribution in [0.15, 0.2) is 152 Å². The number of nitrogens with zero attached hydrogens (tertiary/aromatic N) is 5. The fourth-order valence-electron chi connectivity index (χ4n) is 7.59. The molecule has 8 aromatic rings. The first-order valence-corrected chi connectivity index (χ1v) is 18.0. The van der Waals surface area contributed by atoms with Gasteiger partial charge in [0.05, 0.1) is 0 Å². The molecule has 0 spiro atoms. The molecule has 0 aliphatic heterocycles. The van der Waals surface area contributed by atoms with Crippen LogP contribution >= 0.6 is 0 Å². The maximum Gasteiger partial charge on any atom is 0.164 e. The molecule has 0 atom stereocenters. The van der Waals surface area contributed by atoms with Crippen LogP contribution in [-0.4, -0.2) is 24.9 Å².